The monoisotopic (exact) mass is 729 g/mol. The minimum atomic E-state index is -1.29. The first-order chi connectivity index (χ1) is 23.0. The number of anilines is 1. The number of rotatable bonds is 11. The Morgan fingerprint density at radius 2 is 1.83 bits per heavy atom. The molecule has 248 valence electrons. The van der Waals surface area contributed by atoms with Crippen LogP contribution in [-0.2, 0) is 25.8 Å². The SMILES string of the molecule is Nc1nc(/C(=N/OCc2ccc(O)c(O)c2)C(=O)N[C@@H]2C(=O)N3C(C(=O)O)=C(CSc4nnc(-c5ccc(O)c(O)c5)s4)CS[C@H]23)cs1. The average molecular weight is 730 g/mol. The van der Waals surface area contributed by atoms with Gasteiger partial charge in [0.2, 0.25) is 0 Å². The van der Waals surface area contributed by atoms with Crippen molar-refractivity contribution in [1.29, 1.82) is 0 Å². The van der Waals surface area contributed by atoms with E-state index in [1.54, 1.807) is 6.07 Å². The van der Waals surface area contributed by atoms with Crippen LogP contribution in [0.1, 0.15) is 11.3 Å². The number of carboxylic acid groups (broad SMARTS) is 1. The van der Waals surface area contributed by atoms with E-state index in [-0.39, 0.29) is 63.3 Å². The molecule has 2 aromatic carbocycles. The number of hydrogen-bond donors (Lipinski definition) is 7. The molecule has 16 nitrogen and oxygen atoms in total. The number of thiazole rings is 1. The number of nitrogens with one attached hydrogen (secondary N) is 1. The van der Waals surface area contributed by atoms with Gasteiger partial charge in [-0.3, -0.25) is 14.5 Å². The molecular weight excluding hydrogens is 707 g/mol. The molecule has 20 heteroatoms. The summed E-state index contributed by atoms with van der Waals surface area (Å²) in [6.07, 6.45) is 0. The molecule has 0 bridgehead atoms. The van der Waals surface area contributed by atoms with Crippen molar-refractivity contribution in [3.8, 4) is 33.6 Å². The number of β-lactam (4-membered cyclic amide) rings is 1. The van der Waals surface area contributed by atoms with E-state index < -0.39 is 29.2 Å². The van der Waals surface area contributed by atoms with Crippen LogP contribution in [0.5, 0.6) is 23.0 Å². The minimum Gasteiger partial charge on any atom is -0.504 e. The van der Waals surface area contributed by atoms with Crippen LogP contribution < -0.4 is 11.1 Å². The number of aromatic hydroxyl groups is 4. The van der Waals surface area contributed by atoms with E-state index in [9.17, 15) is 39.9 Å². The Labute approximate surface area is 286 Å². The lowest BCUT2D eigenvalue weighted by molar-refractivity contribution is -0.150. The topological polar surface area (TPSA) is 254 Å². The van der Waals surface area contributed by atoms with Crippen LogP contribution in [0, 0.1) is 0 Å². The fraction of sp³-hybridized carbons (Fsp3) is 0.179. The third kappa shape index (κ3) is 6.68. The molecule has 1 fully saturated rings. The Kier molecular flexibility index (Phi) is 9.31. The zero-order chi connectivity index (χ0) is 34.1. The lowest BCUT2D eigenvalue weighted by atomic mass is 10.0. The van der Waals surface area contributed by atoms with Crippen molar-refractivity contribution in [3.63, 3.8) is 0 Å². The summed E-state index contributed by atoms with van der Waals surface area (Å²) in [4.78, 5) is 49.6. The molecule has 6 rings (SSSR count). The highest BCUT2D eigenvalue weighted by Crippen LogP contribution is 2.42. The average Bonchev–Trinajstić information content (AvgIpc) is 3.72. The molecule has 48 heavy (non-hydrogen) atoms. The normalized spacial score (nSPS) is 17.5. The summed E-state index contributed by atoms with van der Waals surface area (Å²) in [6.45, 7) is -0.175. The Morgan fingerprint density at radius 3 is 2.52 bits per heavy atom. The number of carbonyl (C=O) groups excluding carboxylic acids is 2. The van der Waals surface area contributed by atoms with Crippen molar-refractivity contribution in [2.24, 2.45) is 5.16 Å². The first kappa shape index (κ1) is 32.9. The van der Waals surface area contributed by atoms with Crippen LogP contribution in [0.15, 0.2) is 62.5 Å². The smallest absolute Gasteiger partial charge is 0.352 e. The zero-order valence-corrected chi connectivity index (χ0v) is 27.4. The Morgan fingerprint density at radius 1 is 1.08 bits per heavy atom. The Hall–Kier alpha value is -5.05. The van der Waals surface area contributed by atoms with Gasteiger partial charge in [0, 0.05) is 22.4 Å². The summed E-state index contributed by atoms with van der Waals surface area (Å²) < 4.78 is 0.529. The summed E-state index contributed by atoms with van der Waals surface area (Å²) in [6, 6.07) is 7.23. The van der Waals surface area contributed by atoms with Crippen molar-refractivity contribution in [3.05, 3.63) is 64.3 Å². The lowest BCUT2D eigenvalue weighted by Crippen LogP contribution is -2.71. The van der Waals surface area contributed by atoms with Crippen LogP contribution in [0.2, 0.25) is 0 Å². The number of nitrogens with two attached hydrogens (primary N) is 1. The number of aliphatic carboxylic acids is 1. The number of nitrogen functional groups attached to an aromatic ring is 1. The molecule has 2 aromatic heterocycles. The van der Waals surface area contributed by atoms with E-state index >= 15 is 0 Å². The molecule has 2 aliphatic rings. The summed E-state index contributed by atoms with van der Waals surface area (Å²) in [5.74, 6) is -3.48. The van der Waals surface area contributed by atoms with Crippen molar-refractivity contribution in [2.45, 2.75) is 22.4 Å². The molecule has 8 N–H and O–H groups in total. The third-order valence-corrected chi connectivity index (χ3v) is 11.1. The number of thioether (sulfide) groups is 2. The van der Waals surface area contributed by atoms with E-state index in [0.717, 1.165) is 16.2 Å². The molecule has 2 aliphatic heterocycles. The highest BCUT2D eigenvalue weighted by atomic mass is 32.2. The quantitative estimate of drug-likeness (QED) is 0.0385. The molecule has 0 unspecified atom stereocenters. The van der Waals surface area contributed by atoms with E-state index in [1.165, 1.54) is 70.6 Å². The third-order valence-electron chi connectivity index (χ3n) is 6.94. The van der Waals surface area contributed by atoms with Gasteiger partial charge >= 0.3 is 5.97 Å². The van der Waals surface area contributed by atoms with Crippen molar-refractivity contribution >= 4 is 74.8 Å². The van der Waals surface area contributed by atoms with Gasteiger partial charge in [-0.05, 0) is 41.5 Å². The fourth-order valence-corrected chi connectivity index (χ4v) is 8.51. The number of fused-ring (bicyclic) bond motifs is 1. The van der Waals surface area contributed by atoms with E-state index in [2.05, 4.69) is 25.7 Å². The molecular formula is C28H23N7O9S4. The van der Waals surface area contributed by atoms with Gasteiger partial charge in [0.05, 0.1) is 0 Å². The number of amides is 2. The number of carbonyl (C=O) groups is 3. The Bertz CT molecular complexity index is 2000. The number of benzene rings is 2. The molecule has 2 atom stereocenters. The van der Waals surface area contributed by atoms with Gasteiger partial charge in [0.15, 0.2) is 38.2 Å². The van der Waals surface area contributed by atoms with Crippen molar-refractivity contribution in [2.75, 3.05) is 17.2 Å². The van der Waals surface area contributed by atoms with Crippen LogP contribution in [0.4, 0.5) is 5.13 Å². The standard InChI is InChI=1S/C28H23N7O9S4/c29-27-30-14(10-46-27)19(34-44-7-11-1-3-15(36)17(38)5-11)22(40)31-20-24(41)35-21(26(42)43)13(8-45-25(20)35)9-47-28-33-32-23(48-28)12-2-4-16(37)18(39)6-12/h1-6,10,20,25,36-39H,7-9H2,(H2,29,30)(H,31,40)(H,42,43)/b34-19-/t20-,25-/m1/s1. The second-order valence-corrected chi connectivity index (χ2v) is 14.3. The summed E-state index contributed by atoms with van der Waals surface area (Å²) >= 11 is 4.81. The second-order valence-electron chi connectivity index (χ2n) is 10.1. The summed E-state index contributed by atoms with van der Waals surface area (Å²) in [5, 5.41) is 64.8. The number of carboxylic acids is 1. The molecule has 4 aromatic rings. The maximum atomic E-state index is 13.4. The van der Waals surface area contributed by atoms with Gasteiger partial charge < -0.3 is 41.4 Å². The van der Waals surface area contributed by atoms with Gasteiger partial charge in [0.25, 0.3) is 11.8 Å². The first-order valence-corrected chi connectivity index (χ1v) is 17.3. The van der Waals surface area contributed by atoms with Crippen LogP contribution in [0.3, 0.4) is 0 Å². The minimum absolute atomic E-state index is 0.0935. The Balaban J connectivity index is 1.13. The molecule has 1 saturated heterocycles. The molecule has 4 heterocycles. The molecule has 0 saturated carbocycles. The number of nitrogens with zero attached hydrogens (tertiary/aromatic N) is 5. The molecule has 0 radical (unpaired) electrons. The van der Waals surface area contributed by atoms with Gasteiger partial charge in [-0.15, -0.1) is 33.3 Å². The van der Waals surface area contributed by atoms with Gasteiger partial charge in [0.1, 0.15) is 34.4 Å². The van der Waals surface area contributed by atoms with Crippen molar-refractivity contribution < 1.29 is 44.8 Å². The van der Waals surface area contributed by atoms with Crippen molar-refractivity contribution in [1.82, 2.24) is 25.4 Å². The predicted molar refractivity (Wildman–Crippen MR) is 177 cm³/mol. The van der Waals surface area contributed by atoms with Crippen LogP contribution >= 0.6 is 46.2 Å². The highest BCUT2D eigenvalue weighted by Gasteiger charge is 2.54. The fourth-order valence-electron chi connectivity index (χ4n) is 4.63. The van der Waals surface area contributed by atoms with E-state index in [4.69, 9.17) is 10.6 Å². The maximum absolute atomic E-state index is 13.4. The number of oxime groups is 1. The first-order valence-electron chi connectivity index (χ1n) is 13.6. The largest absolute Gasteiger partial charge is 0.504 e. The molecule has 2 amide bonds. The zero-order valence-electron chi connectivity index (χ0n) is 24.1. The highest BCUT2D eigenvalue weighted by molar-refractivity contribution is 8.01. The maximum Gasteiger partial charge on any atom is 0.352 e. The number of phenols is 4. The van der Waals surface area contributed by atoms with Gasteiger partial charge in [-0.2, -0.15) is 0 Å². The molecule has 0 aliphatic carbocycles. The second kappa shape index (κ2) is 13.6. The van der Waals surface area contributed by atoms with Gasteiger partial charge in [-0.1, -0.05) is 34.3 Å². The number of aromatic nitrogens is 3. The van der Waals surface area contributed by atoms with E-state index in [0.29, 0.717) is 26.0 Å². The molecule has 0 spiro atoms. The van der Waals surface area contributed by atoms with E-state index in [1.807, 2.05) is 0 Å². The van der Waals surface area contributed by atoms with Crippen LogP contribution in [-0.4, -0.2) is 92.0 Å². The predicted octanol–water partition coefficient (Wildman–Crippen LogP) is 2.52. The van der Waals surface area contributed by atoms with Crippen LogP contribution in [0.25, 0.3) is 10.6 Å². The van der Waals surface area contributed by atoms with Gasteiger partial charge in [-0.25, -0.2) is 9.78 Å². The number of hydrogen-bond acceptors (Lipinski definition) is 17. The lowest BCUT2D eigenvalue weighted by Gasteiger charge is -2.49. The number of phenolic OH excluding ortho intramolecular Hbond substituents is 4. The summed E-state index contributed by atoms with van der Waals surface area (Å²) in [5.41, 5.74) is 6.88. The summed E-state index contributed by atoms with van der Waals surface area (Å²) in [7, 11) is 0.